The Morgan fingerprint density at radius 3 is 2.93 bits per heavy atom. The number of H-pyrrole nitrogens is 1. The molecule has 1 N–H and O–H groups in total. The Balaban J connectivity index is 2.69. The standard InChI is InChI=1S/C10H8FN3O/c1-6-4-13-10(15)14-9(6)7-2-3-12-5-8(7)11/h2-5H,1H3,(H,13,14,15). The highest BCUT2D eigenvalue weighted by Gasteiger charge is 2.08. The van der Waals surface area contributed by atoms with E-state index in [-0.39, 0.29) is 0 Å². The molecule has 0 saturated carbocycles. The summed E-state index contributed by atoms with van der Waals surface area (Å²) in [6.45, 7) is 1.75. The molecular weight excluding hydrogens is 197 g/mol. The smallest absolute Gasteiger partial charge is 0.305 e. The quantitative estimate of drug-likeness (QED) is 0.762. The van der Waals surface area contributed by atoms with E-state index >= 15 is 0 Å². The zero-order chi connectivity index (χ0) is 10.8. The van der Waals surface area contributed by atoms with E-state index in [0.29, 0.717) is 16.8 Å². The van der Waals surface area contributed by atoms with Crippen LogP contribution in [0.15, 0.2) is 29.5 Å². The van der Waals surface area contributed by atoms with Crippen LogP contribution >= 0.6 is 0 Å². The van der Waals surface area contributed by atoms with Crippen molar-refractivity contribution in [2.45, 2.75) is 6.92 Å². The molecule has 0 aliphatic carbocycles. The largest absolute Gasteiger partial charge is 0.345 e. The Hall–Kier alpha value is -2.04. The van der Waals surface area contributed by atoms with Gasteiger partial charge in [-0.1, -0.05) is 0 Å². The molecule has 2 aromatic rings. The van der Waals surface area contributed by atoms with Gasteiger partial charge in [0.1, 0.15) is 0 Å². The maximum Gasteiger partial charge on any atom is 0.345 e. The van der Waals surface area contributed by atoms with Crippen molar-refractivity contribution in [3.63, 3.8) is 0 Å². The molecule has 76 valence electrons. The molecule has 0 aliphatic rings. The molecule has 4 nitrogen and oxygen atoms in total. The van der Waals surface area contributed by atoms with Gasteiger partial charge in [-0.25, -0.2) is 14.2 Å². The van der Waals surface area contributed by atoms with Crippen molar-refractivity contribution in [2.24, 2.45) is 0 Å². The molecule has 0 amide bonds. The summed E-state index contributed by atoms with van der Waals surface area (Å²) >= 11 is 0. The SMILES string of the molecule is Cc1cnc(=O)[nH]c1-c1ccncc1F. The average Bonchev–Trinajstić information content (AvgIpc) is 2.23. The van der Waals surface area contributed by atoms with Crippen LogP contribution in [-0.2, 0) is 0 Å². The molecule has 0 fully saturated rings. The maximum atomic E-state index is 13.4. The predicted molar refractivity (Wildman–Crippen MR) is 52.8 cm³/mol. The minimum absolute atomic E-state index is 0.321. The fourth-order valence-electron chi connectivity index (χ4n) is 1.32. The van der Waals surface area contributed by atoms with E-state index in [2.05, 4.69) is 15.0 Å². The lowest BCUT2D eigenvalue weighted by Crippen LogP contribution is -2.11. The number of nitrogens with zero attached hydrogens (tertiary/aromatic N) is 2. The highest BCUT2D eigenvalue weighted by molar-refractivity contribution is 5.61. The molecule has 2 heterocycles. The van der Waals surface area contributed by atoms with Gasteiger partial charge in [0.15, 0.2) is 5.82 Å². The summed E-state index contributed by atoms with van der Waals surface area (Å²) in [5.41, 5.74) is 0.975. The summed E-state index contributed by atoms with van der Waals surface area (Å²) in [7, 11) is 0. The molecule has 15 heavy (non-hydrogen) atoms. The van der Waals surface area contributed by atoms with Gasteiger partial charge in [0.2, 0.25) is 0 Å². The van der Waals surface area contributed by atoms with Crippen LogP contribution in [-0.4, -0.2) is 15.0 Å². The third-order valence-electron chi connectivity index (χ3n) is 2.04. The number of aromatic amines is 1. The Bertz CT molecular complexity index is 550. The number of hydrogen-bond donors (Lipinski definition) is 1. The van der Waals surface area contributed by atoms with E-state index in [1.165, 1.54) is 18.5 Å². The Morgan fingerprint density at radius 1 is 1.40 bits per heavy atom. The summed E-state index contributed by atoms with van der Waals surface area (Å²) < 4.78 is 13.4. The monoisotopic (exact) mass is 205 g/mol. The lowest BCUT2D eigenvalue weighted by atomic mass is 10.1. The molecule has 2 rings (SSSR count). The van der Waals surface area contributed by atoms with Crippen molar-refractivity contribution >= 4 is 0 Å². The van der Waals surface area contributed by atoms with Gasteiger partial charge >= 0.3 is 5.69 Å². The first kappa shape index (κ1) is 9.51. The summed E-state index contributed by atoms with van der Waals surface area (Å²) in [5, 5.41) is 0. The molecule has 2 aromatic heterocycles. The van der Waals surface area contributed by atoms with Gasteiger partial charge in [0.05, 0.1) is 11.9 Å². The molecule has 0 saturated heterocycles. The van der Waals surface area contributed by atoms with E-state index in [4.69, 9.17) is 0 Å². The highest BCUT2D eigenvalue weighted by Crippen LogP contribution is 2.20. The van der Waals surface area contributed by atoms with Gasteiger partial charge in [0.25, 0.3) is 0 Å². The fraction of sp³-hybridized carbons (Fsp3) is 0.100. The Kier molecular flexibility index (Phi) is 2.29. The second-order valence-electron chi connectivity index (χ2n) is 3.10. The first-order valence-electron chi connectivity index (χ1n) is 4.34. The zero-order valence-electron chi connectivity index (χ0n) is 7.99. The Morgan fingerprint density at radius 2 is 2.20 bits per heavy atom. The lowest BCUT2D eigenvalue weighted by molar-refractivity contribution is 0.624. The minimum Gasteiger partial charge on any atom is -0.305 e. The molecule has 0 bridgehead atoms. The fourth-order valence-corrected chi connectivity index (χ4v) is 1.32. The highest BCUT2D eigenvalue weighted by atomic mass is 19.1. The minimum atomic E-state index is -0.494. The molecule has 0 radical (unpaired) electrons. The normalized spacial score (nSPS) is 10.3. The van der Waals surface area contributed by atoms with Crippen LogP contribution in [0.25, 0.3) is 11.3 Å². The average molecular weight is 205 g/mol. The van der Waals surface area contributed by atoms with Crippen molar-refractivity contribution < 1.29 is 4.39 Å². The van der Waals surface area contributed by atoms with Crippen molar-refractivity contribution in [1.82, 2.24) is 15.0 Å². The molecule has 0 spiro atoms. The van der Waals surface area contributed by atoms with Gasteiger partial charge < -0.3 is 4.98 Å². The molecule has 0 atom stereocenters. The lowest BCUT2D eigenvalue weighted by Gasteiger charge is -2.04. The van der Waals surface area contributed by atoms with Crippen LogP contribution < -0.4 is 5.69 Å². The second kappa shape index (κ2) is 3.61. The molecular formula is C10H8FN3O. The second-order valence-corrected chi connectivity index (χ2v) is 3.10. The summed E-state index contributed by atoms with van der Waals surface area (Å²) in [4.78, 5) is 20.7. The van der Waals surface area contributed by atoms with E-state index in [0.717, 1.165) is 6.20 Å². The maximum absolute atomic E-state index is 13.4. The topological polar surface area (TPSA) is 58.6 Å². The van der Waals surface area contributed by atoms with E-state index in [1.54, 1.807) is 6.92 Å². The van der Waals surface area contributed by atoms with Crippen LogP contribution in [0.1, 0.15) is 5.56 Å². The van der Waals surface area contributed by atoms with Gasteiger partial charge in [-0.15, -0.1) is 0 Å². The van der Waals surface area contributed by atoms with Gasteiger partial charge in [0, 0.05) is 18.0 Å². The number of nitrogens with one attached hydrogen (secondary N) is 1. The number of hydrogen-bond acceptors (Lipinski definition) is 3. The van der Waals surface area contributed by atoms with Crippen LogP contribution in [0, 0.1) is 12.7 Å². The van der Waals surface area contributed by atoms with Gasteiger partial charge in [-0.2, -0.15) is 0 Å². The third-order valence-corrected chi connectivity index (χ3v) is 2.04. The van der Waals surface area contributed by atoms with Crippen molar-refractivity contribution in [2.75, 3.05) is 0 Å². The van der Waals surface area contributed by atoms with Crippen LogP contribution in [0.5, 0.6) is 0 Å². The molecule has 5 heteroatoms. The first-order chi connectivity index (χ1) is 7.18. The number of aromatic nitrogens is 3. The first-order valence-corrected chi connectivity index (χ1v) is 4.34. The van der Waals surface area contributed by atoms with Crippen molar-refractivity contribution in [1.29, 1.82) is 0 Å². The molecule has 0 aromatic carbocycles. The van der Waals surface area contributed by atoms with E-state index < -0.39 is 11.5 Å². The van der Waals surface area contributed by atoms with Crippen molar-refractivity contribution in [3.8, 4) is 11.3 Å². The number of rotatable bonds is 1. The number of pyridine rings is 1. The van der Waals surface area contributed by atoms with E-state index in [9.17, 15) is 9.18 Å². The summed E-state index contributed by atoms with van der Waals surface area (Å²) in [6.07, 6.45) is 3.98. The Labute approximate surface area is 84.8 Å². The van der Waals surface area contributed by atoms with Crippen LogP contribution in [0.4, 0.5) is 4.39 Å². The summed E-state index contributed by atoms with van der Waals surface area (Å²) in [6, 6.07) is 1.51. The summed E-state index contributed by atoms with van der Waals surface area (Å²) in [5.74, 6) is -0.470. The van der Waals surface area contributed by atoms with Crippen molar-refractivity contribution in [3.05, 3.63) is 46.5 Å². The molecule has 0 unspecified atom stereocenters. The van der Waals surface area contributed by atoms with Gasteiger partial charge in [-0.3, -0.25) is 4.98 Å². The zero-order valence-corrected chi connectivity index (χ0v) is 7.99. The molecule has 0 aliphatic heterocycles. The third kappa shape index (κ3) is 1.76. The predicted octanol–water partition coefficient (Wildman–Crippen LogP) is 1.28. The van der Waals surface area contributed by atoms with Gasteiger partial charge in [-0.05, 0) is 18.6 Å². The van der Waals surface area contributed by atoms with Crippen LogP contribution in [0.3, 0.4) is 0 Å². The number of aryl methyl sites for hydroxylation is 1. The number of halogens is 1. The van der Waals surface area contributed by atoms with E-state index in [1.807, 2.05) is 0 Å². The van der Waals surface area contributed by atoms with Crippen LogP contribution in [0.2, 0.25) is 0 Å².